The van der Waals surface area contributed by atoms with Crippen molar-refractivity contribution in [1.29, 1.82) is 0 Å². The molecule has 2 rings (SSSR count). The van der Waals surface area contributed by atoms with E-state index in [0.717, 1.165) is 5.56 Å². The number of rotatable bonds is 5. The van der Waals surface area contributed by atoms with Crippen molar-refractivity contribution in [1.82, 2.24) is 15.2 Å². The molecular formula is C18H22ClN5O2. The summed E-state index contributed by atoms with van der Waals surface area (Å²) < 4.78 is 1.42. The van der Waals surface area contributed by atoms with Crippen LogP contribution in [0.2, 0.25) is 5.02 Å². The molecule has 2 N–H and O–H groups in total. The summed E-state index contributed by atoms with van der Waals surface area (Å²) in [7, 11) is 1.64. The second-order valence-corrected chi connectivity index (χ2v) is 6.61. The number of amides is 2. The van der Waals surface area contributed by atoms with Crippen LogP contribution in [0, 0.1) is 12.8 Å². The lowest BCUT2D eigenvalue weighted by Crippen LogP contribution is -2.22. The zero-order valence-corrected chi connectivity index (χ0v) is 16.2. The van der Waals surface area contributed by atoms with Gasteiger partial charge in [-0.25, -0.2) is 5.43 Å². The SMILES string of the molecule is CC(=NNC(=O)c1c(Cl)c(C)nn1C)c1cccc(NC(=O)C(C)C)c1. The first-order valence-corrected chi connectivity index (χ1v) is 8.53. The number of nitrogens with one attached hydrogen (secondary N) is 2. The minimum atomic E-state index is -0.443. The molecule has 1 aromatic carbocycles. The van der Waals surface area contributed by atoms with E-state index in [9.17, 15) is 9.59 Å². The molecule has 1 aromatic heterocycles. The predicted molar refractivity (Wildman–Crippen MR) is 103 cm³/mol. The summed E-state index contributed by atoms with van der Waals surface area (Å²) in [4.78, 5) is 24.1. The molecule has 0 radical (unpaired) electrons. The average Bonchev–Trinajstić information content (AvgIpc) is 2.84. The number of carbonyl (C=O) groups is 2. The van der Waals surface area contributed by atoms with Crippen LogP contribution in [0.5, 0.6) is 0 Å². The zero-order chi connectivity index (χ0) is 19.4. The van der Waals surface area contributed by atoms with Crippen LogP contribution in [0.15, 0.2) is 29.4 Å². The Hall–Kier alpha value is -2.67. The minimum Gasteiger partial charge on any atom is -0.326 e. The lowest BCUT2D eigenvalue weighted by Gasteiger charge is -2.09. The number of hydrogen-bond acceptors (Lipinski definition) is 4. The molecule has 8 heteroatoms. The minimum absolute atomic E-state index is 0.0636. The number of anilines is 1. The Morgan fingerprint density at radius 3 is 2.58 bits per heavy atom. The normalized spacial score (nSPS) is 11.6. The summed E-state index contributed by atoms with van der Waals surface area (Å²) in [6, 6.07) is 7.25. The Labute approximate surface area is 157 Å². The van der Waals surface area contributed by atoms with Crippen molar-refractivity contribution < 1.29 is 9.59 Å². The molecule has 0 aliphatic rings. The van der Waals surface area contributed by atoms with Crippen molar-refractivity contribution in [2.75, 3.05) is 5.32 Å². The second kappa shape index (κ2) is 8.14. The van der Waals surface area contributed by atoms with Gasteiger partial charge in [0.2, 0.25) is 5.91 Å². The Kier molecular flexibility index (Phi) is 6.15. The van der Waals surface area contributed by atoms with Crippen LogP contribution in [0.4, 0.5) is 5.69 Å². The molecule has 0 unspecified atom stereocenters. The molecule has 7 nitrogen and oxygen atoms in total. The van der Waals surface area contributed by atoms with E-state index in [0.29, 0.717) is 22.1 Å². The van der Waals surface area contributed by atoms with E-state index in [1.807, 2.05) is 26.0 Å². The number of hydrogen-bond donors (Lipinski definition) is 2. The van der Waals surface area contributed by atoms with Crippen molar-refractivity contribution in [3.63, 3.8) is 0 Å². The van der Waals surface area contributed by atoms with Gasteiger partial charge in [-0.1, -0.05) is 37.6 Å². The predicted octanol–water partition coefficient (Wildman–Crippen LogP) is 3.13. The zero-order valence-electron chi connectivity index (χ0n) is 15.4. The second-order valence-electron chi connectivity index (χ2n) is 6.23. The summed E-state index contributed by atoms with van der Waals surface area (Å²) in [5, 5.41) is 11.4. The highest BCUT2D eigenvalue weighted by Gasteiger charge is 2.18. The van der Waals surface area contributed by atoms with E-state index in [4.69, 9.17) is 11.6 Å². The molecule has 0 aliphatic heterocycles. The van der Waals surface area contributed by atoms with E-state index in [1.54, 1.807) is 33.0 Å². The van der Waals surface area contributed by atoms with Crippen LogP contribution in [0.3, 0.4) is 0 Å². The lowest BCUT2D eigenvalue weighted by molar-refractivity contribution is -0.118. The quantitative estimate of drug-likeness (QED) is 0.621. The standard InChI is InChI=1S/C18H22ClN5O2/c1-10(2)17(25)20-14-8-6-7-13(9-14)11(3)21-22-18(26)16-15(19)12(4)23-24(16)5/h6-10H,1-5H3,(H,20,25)(H,22,26). The molecule has 1 heterocycles. The van der Waals surface area contributed by atoms with Gasteiger partial charge in [-0.15, -0.1) is 0 Å². The summed E-state index contributed by atoms with van der Waals surface area (Å²) in [5.41, 5.74) is 5.36. The van der Waals surface area contributed by atoms with Crippen LogP contribution in [0.1, 0.15) is 42.5 Å². The molecule has 0 aliphatic carbocycles. The lowest BCUT2D eigenvalue weighted by atomic mass is 10.1. The highest BCUT2D eigenvalue weighted by Crippen LogP contribution is 2.19. The molecular weight excluding hydrogens is 354 g/mol. The van der Waals surface area contributed by atoms with E-state index >= 15 is 0 Å². The maximum Gasteiger partial charge on any atom is 0.291 e. The molecule has 0 saturated carbocycles. The fourth-order valence-corrected chi connectivity index (χ4v) is 2.49. The molecule has 2 aromatic rings. The highest BCUT2D eigenvalue weighted by molar-refractivity contribution is 6.34. The van der Waals surface area contributed by atoms with E-state index in [1.165, 1.54) is 4.68 Å². The van der Waals surface area contributed by atoms with Gasteiger partial charge in [-0.05, 0) is 31.5 Å². The van der Waals surface area contributed by atoms with Crippen molar-refractivity contribution in [2.24, 2.45) is 18.1 Å². The van der Waals surface area contributed by atoms with Crippen LogP contribution >= 0.6 is 11.6 Å². The smallest absolute Gasteiger partial charge is 0.291 e. The Morgan fingerprint density at radius 1 is 1.31 bits per heavy atom. The molecule has 0 saturated heterocycles. The Bertz CT molecular complexity index is 870. The van der Waals surface area contributed by atoms with E-state index in [-0.39, 0.29) is 17.5 Å². The first-order valence-electron chi connectivity index (χ1n) is 8.15. The van der Waals surface area contributed by atoms with Crippen LogP contribution in [0.25, 0.3) is 0 Å². The molecule has 0 bridgehead atoms. The van der Waals surface area contributed by atoms with Crippen molar-refractivity contribution in [3.8, 4) is 0 Å². The van der Waals surface area contributed by atoms with Gasteiger partial charge in [0.25, 0.3) is 5.91 Å². The van der Waals surface area contributed by atoms with Gasteiger partial charge >= 0.3 is 0 Å². The van der Waals surface area contributed by atoms with Gasteiger partial charge in [0, 0.05) is 18.7 Å². The number of nitrogens with zero attached hydrogens (tertiary/aromatic N) is 3. The first-order chi connectivity index (χ1) is 12.2. The molecule has 138 valence electrons. The molecule has 2 amide bonds. The van der Waals surface area contributed by atoms with Gasteiger partial charge < -0.3 is 5.32 Å². The van der Waals surface area contributed by atoms with Crippen molar-refractivity contribution in [2.45, 2.75) is 27.7 Å². The molecule has 26 heavy (non-hydrogen) atoms. The first kappa shape index (κ1) is 19.7. The average molecular weight is 376 g/mol. The van der Waals surface area contributed by atoms with Crippen molar-refractivity contribution >= 4 is 34.8 Å². The fourth-order valence-electron chi connectivity index (χ4n) is 2.24. The van der Waals surface area contributed by atoms with Crippen LogP contribution in [-0.4, -0.2) is 27.3 Å². The largest absolute Gasteiger partial charge is 0.326 e. The third kappa shape index (κ3) is 4.49. The maximum atomic E-state index is 12.3. The fraction of sp³-hybridized carbons (Fsp3) is 0.333. The van der Waals surface area contributed by atoms with Gasteiger partial charge in [0.05, 0.1) is 16.4 Å². The number of benzene rings is 1. The molecule has 0 atom stereocenters. The third-order valence-electron chi connectivity index (χ3n) is 3.76. The maximum absolute atomic E-state index is 12.3. The van der Waals surface area contributed by atoms with Gasteiger partial charge in [0.15, 0.2) is 0 Å². The Morgan fingerprint density at radius 2 is 2.00 bits per heavy atom. The van der Waals surface area contributed by atoms with E-state index in [2.05, 4.69) is 20.9 Å². The summed E-state index contributed by atoms with van der Waals surface area (Å²) in [5.74, 6) is -0.618. The number of carbonyl (C=O) groups excluding carboxylic acids is 2. The molecule has 0 fully saturated rings. The summed E-state index contributed by atoms with van der Waals surface area (Å²) in [6.07, 6.45) is 0. The van der Waals surface area contributed by atoms with Gasteiger partial charge in [0.1, 0.15) is 5.69 Å². The van der Waals surface area contributed by atoms with Crippen molar-refractivity contribution in [3.05, 3.63) is 46.2 Å². The van der Waals surface area contributed by atoms with E-state index < -0.39 is 5.91 Å². The highest BCUT2D eigenvalue weighted by atomic mass is 35.5. The number of aromatic nitrogens is 2. The number of aryl methyl sites for hydroxylation is 2. The monoisotopic (exact) mass is 375 g/mol. The topological polar surface area (TPSA) is 88.4 Å². The van der Waals surface area contributed by atoms with Gasteiger partial charge in [-0.3, -0.25) is 14.3 Å². The third-order valence-corrected chi connectivity index (χ3v) is 4.21. The molecule has 0 spiro atoms. The summed E-state index contributed by atoms with van der Waals surface area (Å²) >= 11 is 6.10. The number of halogens is 1. The van der Waals surface area contributed by atoms with Crippen LogP contribution in [-0.2, 0) is 11.8 Å². The Balaban J connectivity index is 2.14. The summed E-state index contributed by atoms with van der Waals surface area (Å²) in [6.45, 7) is 7.14. The number of hydrazone groups is 1. The van der Waals surface area contributed by atoms with Gasteiger partial charge in [-0.2, -0.15) is 10.2 Å². The van der Waals surface area contributed by atoms with Crippen LogP contribution < -0.4 is 10.7 Å².